The second kappa shape index (κ2) is 5.69. The van der Waals surface area contributed by atoms with Gasteiger partial charge in [0, 0.05) is 0 Å². The van der Waals surface area contributed by atoms with Gasteiger partial charge < -0.3 is 0 Å². The molecule has 1 unspecified atom stereocenters. The fraction of sp³-hybridized carbons (Fsp3) is 0.273. The molecular formula is C11H14O2P+. The molecule has 0 fully saturated rings. The van der Waals surface area contributed by atoms with Crippen LogP contribution in [0.3, 0.4) is 0 Å². The molecule has 0 saturated carbocycles. The highest BCUT2D eigenvalue weighted by Gasteiger charge is 2.20. The molecule has 0 aliphatic heterocycles. The molecule has 1 rings (SSSR count). The van der Waals surface area contributed by atoms with Crippen LogP contribution in [-0.4, -0.2) is 6.61 Å². The summed E-state index contributed by atoms with van der Waals surface area (Å²) in [4.78, 5) is 0. The molecule has 2 nitrogen and oxygen atoms in total. The van der Waals surface area contributed by atoms with Gasteiger partial charge in [0.2, 0.25) is 5.30 Å². The van der Waals surface area contributed by atoms with Crippen molar-refractivity contribution in [3.63, 3.8) is 0 Å². The van der Waals surface area contributed by atoms with Crippen LogP contribution < -0.4 is 5.30 Å². The minimum Gasteiger partial charge on any atom is -0.142 e. The van der Waals surface area contributed by atoms with Crippen LogP contribution in [-0.2, 0) is 15.5 Å². The van der Waals surface area contributed by atoms with Gasteiger partial charge >= 0.3 is 8.03 Å². The Balaban J connectivity index is 2.72. The van der Waals surface area contributed by atoms with Crippen LogP contribution in [0.2, 0.25) is 0 Å². The van der Waals surface area contributed by atoms with E-state index in [0.29, 0.717) is 6.61 Å². The van der Waals surface area contributed by atoms with E-state index in [4.69, 9.17) is 4.52 Å². The maximum atomic E-state index is 11.4. The number of benzene rings is 1. The highest BCUT2D eigenvalue weighted by molar-refractivity contribution is 7.48. The van der Waals surface area contributed by atoms with Crippen LogP contribution >= 0.6 is 8.03 Å². The van der Waals surface area contributed by atoms with Gasteiger partial charge in [-0.2, -0.15) is 0 Å². The van der Waals surface area contributed by atoms with E-state index in [1.165, 1.54) is 5.56 Å². The van der Waals surface area contributed by atoms with Crippen molar-refractivity contribution < 1.29 is 9.09 Å². The molecule has 0 N–H and O–H groups in total. The van der Waals surface area contributed by atoms with E-state index in [-0.39, 0.29) is 0 Å². The van der Waals surface area contributed by atoms with E-state index in [1.54, 1.807) is 0 Å². The van der Waals surface area contributed by atoms with E-state index in [1.807, 2.05) is 37.3 Å². The Morgan fingerprint density at radius 1 is 1.43 bits per heavy atom. The second-order valence-electron chi connectivity index (χ2n) is 2.83. The Labute approximate surface area is 85.5 Å². The van der Waals surface area contributed by atoms with Crippen LogP contribution in [0.1, 0.15) is 12.5 Å². The Hall–Kier alpha value is -0.980. The lowest BCUT2D eigenvalue weighted by Gasteiger charge is -1.93. The first kappa shape index (κ1) is 11.1. The van der Waals surface area contributed by atoms with E-state index in [9.17, 15) is 4.57 Å². The zero-order valence-electron chi connectivity index (χ0n) is 8.27. The number of allylic oxidation sites excluding steroid dienone is 1. The number of hydrogen-bond acceptors (Lipinski definition) is 2. The van der Waals surface area contributed by atoms with Crippen molar-refractivity contribution in [2.45, 2.75) is 13.3 Å². The Bertz CT molecular complexity index is 317. The van der Waals surface area contributed by atoms with Gasteiger partial charge in [0.1, 0.15) is 6.61 Å². The molecule has 74 valence electrons. The predicted molar refractivity (Wildman–Crippen MR) is 59.2 cm³/mol. The summed E-state index contributed by atoms with van der Waals surface area (Å²) in [5.41, 5.74) is 1.17. The highest BCUT2D eigenvalue weighted by atomic mass is 31.1. The van der Waals surface area contributed by atoms with Crippen molar-refractivity contribution in [3.8, 4) is 0 Å². The zero-order valence-corrected chi connectivity index (χ0v) is 9.17. The van der Waals surface area contributed by atoms with E-state index in [2.05, 4.69) is 6.58 Å². The van der Waals surface area contributed by atoms with Gasteiger partial charge in [0.25, 0.3) is 0 Å². The third-order valence-corrected chi connectivity index (χ3v) is 2.99. The molecule has 0 aliphatic rings. The molecule has 1 aromatic carbocycles. The fourth-order valence-electron chi connectivity index (χ4n) is 1.11. The van der Waals surface area contributed by atoms with Gasteiger partial charge in [-0.3, -0.25) is 0 Å². The predicted octanol–water partition coefficient (Wildman–Crippen LogP) is 2.82. The van der Waals surface area contributed by atoms with Crippen molar-refractivity contribution in [2.24, 2.45) is 0 Å². The van der Waals surface area contributed by atoms with Crippen LogP contribution in [0.4, 0.5) is 0 Å². The first-order valence-electron chi connectivity index (χ1n) is 4.58. The maximum Gasteiger partial charge on any atom is 0.548 e. The van der Waals surface area contributed by atoms with Gasteiger partial charge in [-0.1, -0.05) is 18.2 Å². The molecule has 1 atom stereocenters. The summed E-state index contributed by atoms with van der Waals surface area (Å²) in [6.45, 7) is 5.97. The van der Waals surface area contributed by atoms with Crippen LogP contribution in [0.15, 0.2) is 36.9 Å². The molecular weight excluding hydrogens is 195 g/mol. The lowest BCUT2D eigenvalue weighted by molar-refractivity contribution is 0.357. The Morgan fingerprint density at radius 2 is 2.07 bits per heavy atom. The molecule has 0 aliphatic carbocycles. The van der Waals surface area contributed by atoms with Crippen molar-refractivity contribution in [3.05, 3.63) is 42.5 Å². The topological polar surface area (TPSA) is 26.3 Å². The molecule has 0 amide bonds. The quantitative estimate of drug-likeness (QED) is 0.550. The Kier molecular flexibility index (Phi) is 4.51. The summed E-state index contributed by atoms with van der Waals surface area (Å²) in [6.07, 6.45) is 2.68. The first-order valence-corrected chi connectivity index (χ1v) is 5.75. The first-order chi connectivity index (χ1) is 6.77. The maximum absolute atomic E-state index is 11.4. The van der Waals surface area contributed by atoms with Crippen LogP contribution in [0.25, 0.3) is 0 Å². The second-order valence-corrected chi connectivity index (χ2v) is 4.12. The molecule has 0 radical (unpaired) electrons. The summed E-state index contributed by atoms with van der Waals surface area (Å²) >= 11 is 0. The molecule has 0 spiro atoms. The van der Waals surface area contributed by atoms with E-state index < -0.39 is 8.03 Å². The Morgan fingerprint density at radius 3 is 2.57 bits per heavy atom. The SMILES string of the molecule is C=CCc1ccc([P+](=O)OCC)cc1. The molecule has 14 heavy (non-hydrogen) atoms. The van der Waals surface area contributed by atoms with Crippen molar-refractivity contribution >= 4 is 13.3 Å². The summed E-state index contributed by atoms with van der Waals surface area (Å²) in [5.74, 6) is 0. The van der Waals surface area contributed by atoms with Crippen molar-refractivity contribution in [1.29, 1.82) is 0 Å². The molecule has 3 heteroatoms. The normalized spacial score (nSPS) is 11.1. The third-order valence-electron chi connectivity index (χ3n) is 1.77. The minimum atomic E-state index is -1.67. The summed E-state index contributed by atoms with van der Waals surface area (Å²) in [5, 5.41) is 0.745. The average Bonchev–Trinajstić information content (AvgIpc) is 2.20. The van der Waals surface area contributed by atoms with Gasteiger partial charge in [-0.25, -0.2) is 0 Å². The standard InChI is InChI=1S/C11H14O2P/c1-3-5-10-6-8-11(9-7-10)14(12)13-4-2/h3,6-9H,1,4-5H2,2H3/q+1. The smallest absolute Gasteiger partial charge is 0.142 e. The largest absolute Gasteiger partial charge is 0.548 e. The molecule has 0 aromatic heterocycles. The minimum absolute atomic E-state index is 0.476. The number of rotatable bonds is 5. The van der Waals surface area contributed by atoms with Crippen molar-refractivity contribution in [2.75, 3.05) is 6.61 Å². The molecule has 0 saturated heterocycles. The van der Waals surface area contributed by atoms with E-state index in [0.717, 1.165) is 11.7 Å². The van der Waals surface area contributed by atoms with Crippen LogP contribution in [0.5, 0.6) is 0 Å². The van der Waals surface area contributed by atoms with Gasteiger partial charge in [0.05, 0.1) is 0 Å². The monoisotopic (exact) mass is 209 g/mol. The molecule has 0 bridgehead atoms. The fourth-order valence-corrected chi connectivity index (χ4v) is 1.89. The van der Waals surface area contributed by atoms with E-state index >= 15 is 0 Å². The van der Waals surface area contributed by atoms with Crippen LogP contribution in [0, 0.1) is 0 Å². The van der Waals surface area contributed by atoms with Gasteiger partial charge in [-0.15, -0.1) is 11.1 Å². The summed E-state index contributed by atoms with van der Waals surface area (Å²) in [6, 6.07) is 7.58. The average molecular weight is 209 g/mol. The molecule has 0 heterocycles. The third kappa shape index (κ3) is 3.06. The lowest BCUT2D eigenvalue weighted by atomic mass is 10.2. The summed E-state index contributed by atoms with van der Waals surface area (Å²) in [7, 11) is -1.67. The van der Waals surface area contributed by atoms with Gasteiger partial charge in [-0.05, 0) is 35.6 Å². The lowest BCUT2D eigenvalue weighted by Crippen LogP contribution is -1.98. The van der Waals surface area contributed by atoms with Gasteiger partial charge in [0.15, 0.2) is 0 Å². The summed E-state index contributed by atoms with van der Waals surface area (Å²) < 4.78 is 16.4. The van der Waals surface area contributed by atoms with Crippen molar-refractivity contribution in [1.82, 2.24) is 0 Å². The molecule has 1 aromatic rings. The number of hydrogen-bond donors (Lipinski definition) is 0. The zero-order chi connectivity index (χ0) is 10.4. The highest BCUT2D eigenvalue weighted by Crippen LogP contribution is 2.20.